The molecule has 0 saturated carbocycles. The summed E-state index contributed by atoms with van der Waals surface area (Å²) in [5, 5.41) is 18.1. The van der Waals surface area contributed by atoms with Crippen LogP contribution in [0.1, 0.15) is 38.0 Å². The van der Waals surface area contributed by atoms with Crippen LogP contribution in [0, 0.1) is 11.0 Å². The molecule has 1 fully saturated rings. The van der Waals surface area contributed by atoms with Crippen molar-refractivity contribution >= 4 is 19.0 Å². The first-order valence-electron chi connectivity index (χ1n) is 12.0. The van der Waals surface area contributed by atoms with Crippen LogP contribution in [0.5, 0.6) is 5.75 Å². The Balaban J connectivity index is 1.60. The minimum absolute atomic E-state index is 0.00200. The summed E-state index contributed by atoms with van der Waals surface area (Å²) in [6.45, 7) is 10.1. The molecule has 1 aliphatic rings. The molecule has 1 aliphatic heterocycles. The van der Waals surface area contributed by atoms with Gasteiger partial charge in [0.2, 0.25) is 5.69 Å². The maximum atomic E-state index is 15.0. The predicted octanol–water partition coefficient (Wildman–Crippen LogP) is 5.43. The first-order valence-corrected chi connectivity index (χ1v) is 15.7. The van der Waals surface area contributed by atoms with Crippen molar-refractivity contribution in [2.75, 3.05) is 20.0 Å². The van der Waals surface area contributed by atoms with E-state index in [0.717, 1.165) is 46.5 Å². The molecule has 184 valence electrons. The molecule has 4 rings (SSSR count). The fourth-order valence-electron chi connectivity index (χ4n) is 4.14. The van der Waals surface area contributed by atoms with E-state index in [2.05, 4.69) is 24.7 Å². The Hall–Kier alpha value is -2.49. The molecule has 2 aromatic heterocycles. The summed E-state index contributed by atoms with van der Waals surface area (Å²) < 4.78 is 34.6. The number of hydrogen-bond donors (Lipinski definition) is 0. The molecule has 0 spiro atoms. The van der Waals surface area contributed by atoms with Crippen LogP contribution in [-0.4, -0.2) is 37.9 Å². The number of benzene rings is 1. The lowest BCUT2D eigenvalue weighted by Crippen LogP contribution is -2.29. The predicted molar refractivity (Wildman–Crippen MR) is 132 cm³/mol. The van der Waals surface area contributed by atoms with E-state index in [-0.39, 0.29) is 18.8 Å². The molecule has 3 heterocycles. The quantitative estimate of drug-likeness (QED) is 0.132. The highest BCUT2D eigenvalue weighted by molar-refractivity contribution is 6.76. The standard InChI is InChI=1S/C25H34FN3O4Si/c1-5-18-12-24(33-17-31-10-11-34(2,3)4)21(26)13-20(18)23-14-22-19(16-28(23)30)15-27-29(22)25-8-6-7-9-32-25/h12-16,25H,5-11,17H2,1-4H3. The van der Waals surface area contributed by atoms with E-state index in [0.29, 0.717) is 30.9 Å². The summed E-state index contributed by atoms with van der Waals surface area (Å²) in [6.07, 6.45) is 6.61. The molecule has 9 heteroatoms. The van der Waals surface area contributed by atoms with Gasteiger partial charge in [0.05, 0.1) is 22.7 Å². The SMILES string of the molecule is CCc1cc(OCOCC[Si](C)(C)C)c(F)cc1-c1cc2c(cnn2C2CCCCO2)c[n+]1[O-]. The Morgan fingerprint density at radius 1 is 1.26 bits per heavy atom. The zero-order valence-corrected chi connectivity index (χ0v) is 21.5. The Morgan fingerprint density at radius 2 is 2.09 bits per heavy atom. The van der Waals surface area contributed by atoms with Crippen molar-refractivity contribution in [3.05, 3.63) is 47.2 Å². The highest BCUT2D eigenvalue weighted by Gasteiger charge is 2.23. The maximum Gasteiger partial charge on any atom is 0.226 e. The average molecular weight is 488 g/mol. The molecule has 0 N–H and O–H groups in total. The number of ether oxygens (including phenoxy) is 3. The van der Waals surface area contributed by atoms with Crippen LogP contribution in [0.2, 0.25) is 25.7 Å². The molecule has 34 heavy (non-hydrogen) atoms. The molecule has 1 atom stereocenters. The van der Waals surface area contributed by atoms with E-state index in [1.165, 1.54) is 12.3 Å². The second kappa shape index (κ2) is 10.4. The number of pyridine rings is 1. The number of nitrogens with zero attached hydrogens (tertiary/aromatic N) is 3. The van der Waals surface area contributed by atoms with E-state index in [9.17, 15) is 9.60 Å². The van der Waals surface area contributed by atoms with Crippen molar-refractivity contribution in [3.8, 4) is 17.0 Å². The third kappa shape index (κ3) is 5.59. The van der Waals surface area contributed by atoms with Crippen molar-refractivity contribution in [3.63, 3.8) is 0 Å². The van der Waals surface area contributed by atoms with Crippen LogP contribution in [-0.2, 0) is 15.9 Å². The maximum absolute atomic E-state index is 15.0. The van der Waals surface area contributed by atoms with Crippen molar-refractivity contribution in [2.24, 2.45) is 0 Å². The number of aromatic nitrogens is 3. The van der Waals surface area contributed by atoms with Crippen LogP contribution in [0.3, 0.4) is 0 Å². The van der Waals surface area contributed by atoms with E-state index < -0.39 is 13.9 Å². The Bertz CT molecular complexity index is 1140. The average Bonchev–Trinajstić information content (AvgIpc) is 3.21. The van der Waals surface area contributed by atoms with Crippen LogP contribution >= 0.6 is 0 Å². The first kappa shape index (κ1) is 24.6. The zero-order chi connectivity index (χ0) is 24.3. The largest absolute Gasteiger partial charge is 0.618 e. The fraction of sp³-hybridized carbons (Fsp3) is 0.520. The lowest BCUT2D eigenvalue weighted by atomic mass is 10.0. The monoisotopic (exact) mass is 487 g/mol. The summed E-state index contributed by atoms with van der Waals surface area (Å²) >= 11 is 0. The number of aryl methyl sites for hydroxylation is 1. The fourth-order valence-corrected chi connectivity index (χ4v) is 4.90. The lowest BCUT2D eigenvalue weighted by molar-refractivity contribution is -0.592. The van der Waals surface area contributed by atoms with E-state index in [4.69, 9.17) is 14.2 Å². The second-order valence-electron chi connectivity index (χ2n) is 10.0. The highest BCUT2D eigenvalue weighted by Crippen LogP contribution is 2.32. The van der Waals surface area contributed by atoms with E-state index in [1.54, 1.807) is 18.3 Å². The van der Waals surface area contributed by atoms with Gasteiger partial charge in [0.25, 0.3) is 0 Å². The van der Waals surface area contributed by atoms with Gasteiger partial charge in [0.15, 0.2) is 30.8 Å². The van der Waals surface area contributed by atoms with Gasteiger partial charge in [0.1, 0.15) is 0 Å². The molecule has 0 bridgehead atoms. The molecule has 0 radical (unpaired) electrons. The molecule has 1 saturated heterocycles. The molecule has 3 aromatic rings. The van der Waals surface area contributed by atoms with Crippen LogP contribution in [0.25, 0.3) is 22.2 Å². The van der Waals surface area contributed by atoms with Gasteiger partial charge in [0, 0.05) is 27.4 Å². The van der Waals surface area contributed by atoms with Crippen molar-refractivity contribution in [2.45, 2.75) is 64.5 Å². The van der Waals surface area contributed by atoms with E-state index in [1.807, 2.05) is 11.6 Å². The topological polar surface area (TPSA) is 72.5 Å². The van der Waals surface area contributed by atoms with E-state index >= 15 is 0 Å². The molecule has 1 aromatic carbocycles. The normalized spacial score (nSPS) is 16.8. The van der Waals surface area contributed by atoms with Crippen molar-refractivity contribution < 1.29 is 23.3 Å². The smallest absolute Gasteiger partial charge is 0.226 e. The van der Waals surface area contributed by atoms with Crippen molar-refractivity contribution in [1.29, 1.82) is 0 Å². The lowest BCUT2D eigenvalue weighted by Gasteiger charge is -2.23. The molecule has 7 nitrogen and oxygen atoms in total. The van der Waals surface area contributed by atoms with Gasteiger partial charge in [-0.3, -0.25) is 0 Å². The third-order valence-electron chi connectivity index (χ3n) is 6.17. The van der Waals surface area contributed by atoms with Crippen LogP contribution in [0.4, 0.5) is 4.39 Å². The van der Waals surface area contributed by atoms with Gasteiger partial charge < -0.3 is 19.4 Å². The Kier molecular flexibility index (Phi) is 7.54. The minimum Gasteiger partial charge on any atom is -0.618 e. The van der Waals surface area contributed by atoms with Crippen LogP contribution < -0.4 is 9.47 Å². The summed E-state index contributed by atoms with van der Waals surface area (Å²) in [7, 11) is -1.19. The Labute approximate surface area is 201 Å². The summed E-state index contributed by atoms with van der Waals surface area (Å²) in [5.41, 5.74) is 2.54. The first-order chi connectivity index (χ1) is 16.3. The van der Waals surface area contributed by atoms with Gasteiger partial charge in [-0.05, 0) is 49.4 Å². The number of halogens is 1. The number of hydrogen-bond acceptors (Lipinski definition) is 5. The molecular weight excluding hydrogens is 453 g/mol. The second-order valence-corrected chi connectivity index (χ2v) is 15.6. The molecule has 1 unspecified atom stereocenters. The number of rotatable bonds is 9. The van der Waals surface area contributed by atoms with Gasteiger partial charge in [-0.25, -0.2) is 9.07 Å². The Morgan fingerprint density at radius 3 is 2.79 bits per heavy atom. The summed E-state index contributed by atoms with van der Waals surface area (Å²) in [5.74, 6) is -0.391. The van der Waals surface area contributed by atoms with Crippen LogP contribution in [0.15, 0.2) is 30.6 Å². The summed E-state index contributed by atoms with van der Waals surface area (Å²) in [4.78, 5) is 0. The molecular formula is C25H34FN3O4Si. The van der Waals surface area contributed by atoms with Gasteiger partial charge in [-0.15, -0.1) is 0 Å². The number of fused-ring (bicyclic) bond motifs is 1. The third-order valence-corrected chi connectivity index (χ3v) is 7.87. The molecule has 0 aliphatic carbocycles. The minimum atomic E-state index is -1.19. The molecule has 0 amide bonds. The van der Waals surface area contributed by atoms with Gasteiger partial charge in [-0.2, -0.15) is 9.83 Å². The van der Waals surface area contributed by atoms with Crippen molar-refractivity contribution in [1.82, 2.24) is 9.78 Å². The highest BCUT2D eigenvalue weighted by atomic mass is 28.3. The van der Waals surface area contributed by atoms with Gasteiger partial charge in [-0.1, -0.05) is 26.6 Å². The van der Waals surface area contributed by atoms with Gasteiger partial charge >= 0.3 is 0 Å². The summed E-state index contributed by atoms with van der Waals surface area (Å²) in [6, 6.07) is 5.84. The zero-order valence-electron chi connectivity index (χ0n) is 20.5.